The standard InChI is InChI=1S/C18H20FN5O/c1-12-4-7-17-21-11-16(24(17)22-12)13-5-6-14(15(19)10-13)18(25)20-8-9-23(2)3/h4-7,10-11H,8-9H2,1-3H3,(H,20,25). The van der Waals surface area contributed by atoms with Gasteiger partial charge in [-0.2, -0.15) is 5.10 Å². The third-order valence-corrected chi connectivity index (χ3v) is 3.85. The summed E-state index contributed by atoms with van der Waals surface area (Å²) in [6.45, 7) is 3.03. The maximum Gasteiger partial charge on any atom is 0.254 e. The van der Waals surface area contributed by atoms with Crippen LogP contribution in [0.2, 0.25) is 0 Å². The maximum absolute atomic E-state index is 14.4. The summed E-state index contributed by atoms with van der Waals surface area (Å²) in [5.74, 6) is -0.986. The van der Waals surface area contributed by atoms with E-state index in [4.69, 9.17) is 0 Å². The van der Waals surface area contributed by atoms with Crippen LogP contribution in [0.4, 0.5) is 4.39 Å². The van der Waals surface area contributed by atoms with Crippen LogP contribution in [0, 0.1) is 12.7 Å². The van der Waals surface area contributed by atoms with Crippen LogP contribution in [-0.2, 0) is 0 Å². The Hall–Kier alpha value is -2.80. The molecule has 0 radical (unpaired) electrons. The summed E-state index contributed by atoms with van der Waals surface area (Å²) >= 11 is 0. The van der Waals surface area contributed by atoms with Gasteiger partial charge < -0.3 is 10.2 Å². The van der Waals surface area contributed by atoms with Crippen molar-refractivity contribution in [3.63, 3.8) is 0 Å². The SMILES string of the molecule is Cc1ccc2ncc(-c3ccc(C(=O)NCCN(C)C)c(F)c3)n2n1. The van der Waals surface area contributed by atoms with Crippen LogP contribution in [-0.4, -0.2) is 52.6 Å². The van der Waals surface area contributed by atoms with E-state index in [1.54, 1.807) is 16.8 Å². The zero-order chi connectivity index (χ0) is 18.0. The van der Waals surface area contributed by atoms with E-state index < -0.39 is 11.7 Å². The van der Waals surface area contributed by atoms with E-state index >= 15 is 0 Å². The molecule has 1 amide bonds. The van der Waals surface area contributed by atoms with Gasteiger partial charge in [0.15, 0.2) is 5.65 Å². The summed E-state index contributed by atoms with van der Waals surface area (Å²) in [5.41, 5.74) is 2.85. The molecule has 0 atom stereocenters. The topological polar surface area (TPSA) is 62.5 Å². The second-order valence-electron chi connectivity index (χ2n) is 6.14. The molecule has 6 nitrogen and oxygen atoms in total. The van der Waals surface area contributed by atoms with Gasteiger partial charge in [0.2, 0.25) is 0 Å². The largest absolute Gasteiger partial charge is 0.351 e. The van der Waals surface area contributed by atoms with Crippen molar-refractivity contribution in [1.29, 1.82) is 0 Å². The smallest absolute Gasteiger partial charge is 0.254 e. The molecule has 0 aliphatic rings. The number of fused-ring (bicyclic) bond motifs is 1. The van der Waals surface area contributed by atoms with Gasteiger partial charge in [-0.3, -0.25) is 4.79 Å². The number of likely N-dealkylation sites (N-methyl/N-ethyl adjacent to an activating group) is 1. The lowest BCUT2D eigenvalue weighted by Gasteiger charge is -2.11. The summed E-state index contributed by atoms with van der Waals surface area (Å²) in [6.07, 6.45) is 1.65. The molecule has 0 saturated heterocycles. The third kappa shape index (κ3) is 3.66. The van der Waals surface area contributed by atoms with Crippen molar-refractivity contribution in [2.45, 2.75) is 6.92 Å². The number of aryl methyl sites for hydroxylation is 1. The summed E-state index contributed by atoms with van der Waals surface area (Å²) in [7, 11) is 3.82. The van der Waals surface area contributed by atoms with Crippen LogP contribution in [0.3, 0.4) is 0 Å². The first-order chi connectivity index (χ1) is 12.0. The molecule has 7 heteroatoms. The molecule has 2 aromatic heterocycles. The molecule has 3 rings (SSSR count). The highest BCUT2D eigenvalue weighted by Crippen LogP contribution is 2.22. The number of amides is 1. The van der Waals surface area contributed by atoms with Gasteiger partial charge in [0.05, 0.1) is 23.1 Å². The van der Waals surface area contributed by atoms with E-state index in [1.807, 2.05) is 38.1 Å². The van der Waals surface area contributed by atoms with Gasteiger partial charge in [-0.25, -0.2) is 13.9 Å². The van der Waals surface area contributed by atoms with E-state index in [0.29, 0.717) is 30.0 Å². The Kier molecular flexibility index (Phi) is 4.76. The summed E-state index contributed by atoms with van der Waals surface area (Å²) < 4.78 is 16.1. The Labute approximate surface area is 145 Å². The normalized spacial score (nSPS) is 11.2. The van der Waals surface area contributed by atoms with E-state index in [-0.39, 0.29) is 5.56 Å². The molecule has 0 bridgehead atoms. The molecule has 0 fully saturated rings. The molecule has 0 spiro atoms. The molecule has 0 saturated carbocycles. The summed E-state index contributed by atoms with van der Waals surface area (Å²) in [4.78, 5) is 18.3. The minimum absolute atomic E-state index is 0.0282. The van der Waals surface area contributed by atoms with Gasteiger partial charge in [-0.15, -0.1) is 0 Å². The lowest BCUT2D eigenvalue weighted by molar-refractivity contribution is 0.0947. The molecule has 130 valence electrons. The minimum atomic E-state index is -0.567. The predicted molar refractivity (Wildman–Crippen MR) is 94.0 cm³/mol. The number of rotatable bonds is 5. The molecule has 0 unspecified atom stereocenters. The van der Waals surface area contributed by atoms with E-state index in [2.05, 4.69) is 15.4 Å². The van der Waals surface area contributed by atoms with Gasteiger partial charge in [0.1, 0.15) is 5.82 Å². The first kappa shape index (κ1) is 17.0. The number of benzene rings is 1. The average molecular weight is 341 g/mol. The van der Waals surface area contributed by atoms with Crippen LogP contribution >= 0.6 is 0 Å². The Bertz CT molecular complexity index is 919. The number of halogens is 1. The number of carbonyl (C=O) groups excluding carboxylic acids is 1. The average Bonchev–Trinajstić information content (AvgIpc) is 2.97. The molecule has 1 N–H and O–H groups in total. The molecule has 0 aliphatic heterocycles. The maximum atomic E-state index is 14.4. The second kappa shape index (κ2) is 6.98. The molecule has 1 aromatic carbocycles. The Balaban J connectivity index is 1.86. The Morgan fingerprint density at radius 2 is 2.08 bits per heavy atom. The van der Waals surface area contributed by atoms with Gasteiger partial charge >= 0.3 is 0 Å². The zero-order valence-corrected chi connectivity index (χ0v) is 14.5. The summed E-state index contributed by atoms with van der Waals surface area (Å²) in [6, 6.07) is 8.26. The second-order valence-corrected chi connectivity index (χ2v) is 6.14. The number of hydrogen-bond donors (Lipinski definition) is 1. The number of nitrogens with zero attached hydrogens (tertiary/aromatic N) is 4. The van der Waals surface area contributed by atoms with Crippen molar-refractivity contribution in [3.8, 4) is 11.3 Å². The van der Waals surface area contributed by atoms with Crippen LogP contribution in [0.1, 0.15) is 16.1 Å². The fraction of sp³-hybridized carbons (Fsp3) is 0.278. The van der Waals surface area contributed by atoms with Crippen molar-refractivity contribution < 1.29 is 9.18 Å². The highest BCUT2D eigenvalue weighted by Gasteiger charge is 2.14. The lowest BCUT2D eigenvalue weighted by Crippen LogP contribution is -2.31. The Morgan fingerprint density at radius 1 is 1.28 bits per heavy atom. The van der Waals surface area contributed by atoms with Crippen LogP contribution in [0.15, 0.2) is 36.5 Å². The highest BCUT2D eigenvalue weighted by atomic mass is 19.1. The molecule has 25 heavy (non-hydrogen) atoms. The van der Waals surface area contributed by atoms with Gasteiger partial charge in [-0.1, -0.05) is 6.07 Å². The van der Waals surface area contributed by atoms with Crippen molar-refractivity contribution in [2.75, 3.05) is 27.2 Å². The molecule has 0 aliphatic carbocycles. The van der Waals surface area contributed by atoms with E-state index in [1.165, 1.54) is 12.1 Å². The van der Waals surface area contributed by atoms with E-state index in [9.17, 15) is 9.18 Å². The quantitative estimate of drug-likeness (QED) is 0.772. The van der Waals surface area contributed by atoms with Crippen molar-refractivity contribution in [2.24, 2.45) is 0 Å². The van der Waals surface area contributed by atoms with Crippen LogP contribution < -0.4 is 5.32 Å². The van der Waals surface area contributed by atoms with E-state index in [0.717, 1.165) is 5.69 Å². The van der Waals surface area contributed by atoms with Crippen molar-refractivity contribution in [1.82, 2.24) is 24.8 Å². The fourth-order valence-corrected chi connectivity index (χ4v) is 2.51. The zero-order valence-electron chi connectivity index (χ0n) is 14.5. The van der Waals surface area contributed by atoms with Crippen molar-refractivity contribution >= 4 is 11.6 Å². The highest BCUT2D eigenvalue weighted by molar-refractivity contribution is 5.95. The predicted octanol–water partition coefficient (Wildman–Crippen LogP) is 2.14. The number of carbonyl (C=O) groups is 1. The van der Waals surface area contributed by atoms with Crippen LogP contribution in [0.25, 0.3) is 16.9 Å². The van der Waals surface area contributed by atoms with Gasteiger partial charge in [-0.05, 0) is 45.3 Å². The number of nitrogens with one attached hydrogen (secondary N) is 1. The third-order valence-electron chi connectivity index (χ3n) is 3.85. The lowest BCUT2D eigenvalue weighted by atomic mass is 10.1. The molecular weight excluding hydrogens is 321 g/mol. The fourth-order valence-electron chi connectivity index (χ4n) is 2.51. The number of imidazole rings is 1. The first-order valence-corrected chi connectivity index (χ1v) is 8.00. The Morgan fingerprint density at radius 3 is 2.80 bits per heavy atom. The van der Waals surface area contributed by atoms with Crippen LogP contribution in [0.5, 0.6) is 0 Å². The number of hydrogen-bond acceptors (Lipinski definition) is 4. The molecule has 3 aromatic rings. The van der Waals surface area contributed by atoms with Gasteiger partial charge in [0.25, 0.3) is 5.91 Å². The van der Waals surface area contributed by atoms with Crippen molar-refractivity contribution in [3.05, 3.63) is 53.6 Å². The molecular formula is C18H20FN5O. The first-order valence-electron chi connectivity index (χ1n) is 8.00. The van der Waals surface area contributed by atoms with Gasteiger partial charge in [0, 0.05) is 18.7 Å². The minimum Gasteiger partial charge on any atom is -0.351 e. The number of aromatic nitrogens is 3. The monoisotopic (exact) mass is 341 g/mol. The summed E-state index contributed by atoms with van der Waals surface area (Å²) in [5, 5.41) is 7.12. The molecule has 2 heterocycles.